The molecule has 102 valence electrons. The maximum absolute atomic E-state index is 12.0. The first-order chi connectivity index (χ1) is 8.38. The zero-order valence-corrected chi connectivity index (χ0v) is 11.1. The van der Waals surface area contributed by atoms with E-state index in [2.05, 4.69) is 9.82 Å². The van der Waals surface area contributed by atoms with Gasteiger partial charge in [-0.25, -0.2) is 8.42 Å². The predicted molar refractivity (Wildman–Crippen MR) is 64.5 cm³/mol. The van der Waals surface area contributed by atoms with Crippen molar-refractivity contribution in [1.29, 1.82) is 0 Å². The third-order valence-corrected chi connectivity index (χ3v) is 4.04. The highest BCUT2D eigenvalue weighted by Crippen LogP contribution is 2.09. The van der Waals surface area contributed by atoms with Gasteiger partial charge in [0, 0.05) is 7.05 Å². The van der Waals surface area contributed by atoms with Crippen LogP contribution in [-0.4, -0.2) is 35.3 Å². The Hall–Kier alpha value is -1.41. The van der Waals surface area contributed by atoms with Crippen LogP contribution in [0, 0.1) is 0 Å². The van der Waals surface area contributed by atoms with E-state index in [0.717, 1.165) is 6.42 Å². The van der Waals surface area contributed by atoms with E-state index in [1.54, 1.807) is 0 Å². The molecule has 0 amide bonds. The molecule has 0 aliphatic carbocycles. The zero-order valence-electron chi connectivity index (χ0n) is 10.3. The molecule has 0 fully saturated rings. The van der Waals surface area contributed by atoms with Crippen LogP contribution in [0.3, 0.4) is 0 Å². The number of aryl methyl sites for hydroxylation is 1. The molecular weight excluding hydrogens is 258 g/mol. The minimum Gasteiger partial charge on any atom is -0.480 e. The van der Waals surface area contributed by atoms with Gasteiger partial charge in [-0.1, -0.05) is 19.8 Å². The standard InChI is InChI=1S/C10H17N3O4S/c1-3-4-5-8(10(14)15)12-18(16,17)9-6-7-11-13(9)2/h6-8,12H,3-5H2,1-2H3,(H,14,15). The Morgan fingerprint density at radius 1 is 1.61 bits per heavy atom. The van der Waals surface area contributed by atoms with Gasteiger partial charge in [-0.2, -0.15) is 9.82 Å². The summed E-state index contributed by atoms with van der Waals surface area (Å²) < 4.78 is 27.3. The summed E-state index contributed by atoms with van der Waals surface area (Å²) in [4.78, 5) is 11.0. The summed E-state index contributed by atoms with van der Waals surface area (Å²) in [5, 5.41) is 12.7. The number of nitrogens with one attached hydrogen (secondary N) is 1. The largest absolute Gasteiger partial charge is 0.480 e. The summed E-state index contributed by atoms with van der Waals surface area (Å²) in [5.74, 6) is -1.17. The number of unbranched alkanes of at least 4 members (excludes halogenated alkanes) is 1. The maximum Gasteiger partial charge on any atom is 0.321 e. The fraction of sp³-hybridized carbons (Fsp3) is 0.600. The van der Waals surface area contributed by atoms with Crippen LogP contribution in [0.2, 0.25) is 0 Å². The Morgan fingerprint density at radius 3 is 2.72 bits per heavy atom. The topological polar surface area (TPSA) is 101 Å². The molecule has 0 bridgehead atoms. The van der Waals surface area contributed by atoms with E-state index in [1.165, 1.54) is 24.0 Å². The lowest BCUT2D eigenvalue weighted by Crippen LogP contribution is -2.41. The lowest BCUT2D eigenvalue weighted by molar-refractivity contribution is -0.139. The van der Waals surface area contributed by atoms with Gasteiger partial charge in [-0.15, -0.1) is 0 Å². The molecule has 0 radical (unpaired) electrons. The summed E-state index contributed by atoms with van der Waals surface area (Å²) in [6.45, 7) is 1.91. The number of aromatic nitrogens is 2. The molecule has 1 atom stereocenters. The first-order valence-corrected chi connectivity index (χ1v) is 7.10. The SMILES string of the molecule is CCCCC(NS(=O)(=O)c1ccnn1C)C(=O)O. The lowest BCUT2D eigenvalue weighted by atomic mass is 10.1. The van der Waals surface area contributed by atoms with Crippen molar-refractivity contribution in [3.63, 3.8) is 0 Å². The van der Waals surface area contributed by atoms with Crippen LogP contribution in [0.15, 0.2) is 17.3 Å². The summed E-state index contributed by atoms with van der Waals surface area (Å²) in [7, 11) is -2.37. The second-order valence-electron chi connectivity index (χ2n) is 3.95. The normalized spacial score (nSPS) is 13.4. The Bertz CT molecular complexity index is 509. The van der Waals surface area contributed by atoms with Gasteiger partial charge in [-0.3, -0.25) is 9.48 Å². The summed E-state index contributed by atoms with van der Waals surface area (Å²) >= 11 is 0. The Balaban J connectivity index is 2.86. The lowest BCUT2D eigenvalue weighted by Gasteiger charge is -2.14. The van der Waals surface area contributed by atoms with Crippen molar-refractivity contribution < 1.29 is 18.3 Å². The number of rotatable bonds is 7. The summed E-state index contributed by atoms with van der Waals surface area (Å²) in [5.41, 5.74) is 0. The van der Waals surface area contributed by atoms with Gasteiger partial charge in [0.15, 0.2) is 5.03 Å². The van der Waals surface area contributed by atoms with Crippen LogP contribution >= 0.6 is 0 Å². The highest BCUT2D eigenvalue weighted by molar-refractivity contribution is 7.89. The second-order valence-corrected chi connectivity index (χ2v) is 5.61. The molecule has 0 aliphatic heterocycles. The predicted octanol–water partition coefficient (Wildman–Crippen LogP) is 0.342. The van der Waals surface area contributed by atoms with Crippen LogP contribution < -0.4 is 4.72 Å². The summed E-state index contributed by atoms with van der Waals surface area (Å²) in [6, 6.07) is 0.214. The summed E-state index contributed by atoms with van der Waals surface area (Å²) in [6.07, 6.45) is 3.06. The molecule has 8 heteroatoms. The number of carboxylic acids is 1. The number of carboxylic acid groups (broad SMARTS) is 1. The number of hydrogen-bond donors (Lipinski definition) is 2. The van der Waals surface area contributed by atoms with Crippen LogP contribution in [0.25, 0.3) is 0 Å². The minimum absolute atomic E-state index is 0.0507. The maximum atomic E-state index is 12.0. The molecule has 0 aliphatic rings. The molecule has 0 saturated heterocycles. The monoisotopic (exact) mass is 275 g/mol. The van der Waals surface area contributed by atoms with Crippen LogP contribution in [-0.2, 0) is 21.9 Å². The molecule has 2 N–H and O–H groups in total. The molecule has 0 saturated carbocycles. The average molecular weight is 275 g/mol. The minimum atomic E-state index is -3.85. The third kappa shape index (κ3) is 3.54. The van der Waals surface area contributed by atoms with Crippen LogP contribution in [0.1, 0.15) is 26.2 Å². The molecule has 1 aromatic rings. The number of nitrogens with zero attached hydrogens (tertiary/aromatic N) is 2. The Kier molecular flexibility index (Phi) is 4.85. The van der Waals surface area contributed by atoms with Crippen molar-refractivity contribution in [2.24, 2.45) is 7.05 Å². The van der Waals surface area contributed by atoms with Crippen molar-refractivity contribution in [1.82, 2.24) is 14.5 Å². The molecule has 18 heavy (non-hydrogen) atoms. The molecule has 1 unspecified atom stereocenters. The zero-order chi connectivity index (χ0) is 13.8. The number of sulfonamides is 1. The van der Waals surface area contributed by atoms with E-state index < -0.39 is 22.0 Å². The van der Waals surface area contributed by atoms with Crippen molar-refractivity contribution in [2.75, 3.05) is 0 Å². The molecule has 7 nitrogen and oxygen atoms in total. The van der Waals surface area contributed by atoms with E-state index in [4.69, 9.17) is 5.11 Å². The van der Waals surface area contributed by atoms with Crippen molar-refractivity contribution in [3.05, 3.63) is 12.3 Å². The first kappa shape index (κ1) is 14.7. The fourth-order valence-corrected chi connectivity index (χ4v) is 2.86. The van der Waals surface area contributed by atoms with Gasteiger partial charge in [0.1, 0.15) is 6.04 Å². The van der Waals surface area contributed by atoms with Crippen LogP contribution in [0.5, 0.6) is 0 Å². The number of carbonyl (C=O) groups is 1. The second kappa shape index (κ2) is 5.96. The number of hydrogen-bond acceptors (Lipinski definition) is 4. The molecule has 1 heterocycles. The first-order valence-electron chi connectivity index (χ1n) is 5.61. The van der Waals surface area contributed by atoms with Crippen molar-refractivity contribution in [2.45, 2.75) is 37.3 Å². The van der Waals surface area contributed by atoms with Gasteiger partial charge in [0.2, 0.25) is 0 Å². The molecule has 0 aromatic carbocycles. The van der Waals surface area contributed by atoms with Gasteiger partial charge in [0.25, 0.3) is 10.0 Å². The van der Waals surface area contributed by atoms with Gasteiger partial charge < -0.3 is 5.11 Å². The van der Waals surface area contributed by atoms with E-state index in [-0.39, 0.29) is 11.4 Å². The van der Waals surface area contributed by atoms with E-state index in [1.807, 2.05) is 6.92 Å². The van der Waals surface area contributed by atoms with Gasteiger partial charge in [0.05, 0.1) is 6.20 Å². The number of aliphatic carboxylic acids is 1. The van der Waals surface area contributed by atoms with Crippen molar-refractivity contribution >= 4 is 16.0 Å². The Morgan fingerprint density at radius 2 is 2.28 bits per heavy atom. The van der Waals surface area contributed by atoms with E-state index in [9.17, 15) is 13.2 Å². The van der Waals surface area contributed by atoms with Gasteiger partial charge >= 0.3 is 5.97 Å². The molecule has 1 aromatic heterocycles. The third-order valence-electron chi connectivity index (χ3n) is 2.49. The molecular formula is C10H17N3O4S. The van der Waals surface area contributed by atoms with Crippen LogP contribution in [0.4, 0.5) is 0 Å². The molecule has 0 spiro atoms. The highest BCUT2D eigenvalue weighted by Gasteiger charge is 2.26. The highest BCUT2D eigenvalue weighted by atomic mass is 32.2. The van der Waals surface area contributed by atoms with Crippen molar-refractivity contribution in [3.8, 4) is 0 Å². The van der Waals surface area contributed by atoms with E-state index >= 15 is 0 Å². The fourth-order valence-electron chi connectivity index (χ4n) is 1.51. The quantitative estimate of drug-likeness (QED) is 0.747. The Labute approximate surface area is 106 Å². The average Bonchev–Trinajstić information content (AvgIpc) is 2.71. The van der Waals surface area contributed by atoms with Gasteiger partial charge in [-0.05, 0) is 12.5 Å². The molecule has 1 rings (SSSR count). The smallest absolute Gasteiger partial charge is 0.321 e. The van der Waals surface area contributed by atoms with E-state index in [0.29, 0.717) is 6.42 Å².